The Kier molecular flexibility index (Phi) is 7.37. The summed E-state index contributed by atoms with van der Waals surface area (Å²) >= 11 is 0. The fourth-order valence-corrected chi connectivity index (χ4v) is 3.98. The Labute approximate surface area is 236 Å². The lowest BCUT2D eigenvalue weighted by atomic mass is 10.1. The summed E-state index contributed by atoms with van der Waals surface area (Å²) in [6, 6.07) is 15.2. The van der Waals surface area contributed by atoms with Crippen molar-refractivity contribution in [2.45, 2.75) is 0 Å². The number of fused-ring (bicyclic) bond motifs is 1. The van der Waals surface area contributed by atoms with E-state index in [2.05, 4.69) is 35.6 Å². The number of aromatic nitrogens is 5. The van der Waals surface area contributed by atoms with E-state index in [9.17, 15) is 9.59 Å². The molecule has 0 spiro atoms. The molecule has 0 atom stereocenters. The van der Waals surface area contributed by atoms with Gasteiger partial charge in [-0.1, -0.05) is 0 Å². The first kappa shape index (κ1) is 26.9. The van der Waals surface area contributed by atoms with E-state index in [1.807, 2.05) is 25.1 Å². The van der Waals surface area contributed by atoms with E-state index in [0.717, 1.165) is 16.7 Å². The highest BCUT2D eigenvalue weighted by molar-refractivity contribution is 6.00. The fraction of sp³-hybridized carbons (Fsp3) is 0.138. The van der Waals surface area contributed by atoms with E-state index < -0.39 is 6.03 Å². The largest absolute Gasteiger partial charge is 0.382 e. The standard InChI is InChI=1S/C29H28N10O2/c1-38(2)27(40)18-7-11-22(12-8-18)35-29(41)34-21-9-5-17(6-10-21)26-36-23-13-19(14-31-24(23)25(30)37-26)20-15-32-28(33-16-20)39(3)4/h5-16H,1-4H3,(H2,30,36,37)(H2,34,35,41). The Morgan fingerprint density at radius 1 is 0.732 bits per heavy atom. The molecule has 3 amide bonds. The van der Waals surface area contributed by atoms with Crippen molar-refractivity contribution < 1.29 is 9.59 Å². The summed E-state index contributed by atoms with van der Waals surface area (Å²) in [5.74, 6) is 1.19. The van der Waals surface area contributed by atoms with E-state index in [0.29, 0.717) is 39.7 Å². The summed E-state index contributed by atoms with van der Waals surface area (Å²) in [6.07, 6.45) is 5.16. The number of hydrogen-bond acceptors (Lipinski definition) is 9. The SMILES string of the molecule is CN(C)C(=O)c1ccc(NC(=O)Nc2ccc(-c3nc(N)c4ncc(-c5cnc(N(C)C)nc5)cc4n3)cc2)cc1. The van der Waals surface area contributed by atoms with Crippen molar-refractivity contribution in [3.05, 3.63) is 78.8 Å². The van der Waals surface area contributed by atoms with Gasteiger partial charge in [0.05, 0.1) is 5.52 Å². The lowest BCUT2D eigenvalue weighted by Crippen LogP contribution is -2.22. The maximum Gasteiger partial charge on any atom is 0.323 e. The molecule has 2 aromatic carbocycles. The number of benzene rings is 2. The zero-order valence-corrected chi connectivity index (χ0v) is 23.0. The number of carbonyl (C=O) groups excluding carboxylic acids is 2. The van der Waals surface area contributed by atoms with Crippen LogP contribution in [0.1, 0.15) is 10.4 Å². The summed E-state index contributed by atoms with van der Waals surface area (Å²) in [5.41, 5.74) is 11.3. The first-order chi connectivity index (χ1) is 19.7. The second kappa shape index (κ2) is 11.2. The van der Waals surface area contributed by atoms with E-state index in [-0.39, 0.29) is 11.7 Å². The highest BCUT2D eigenvalue weighted by Crippen LogP contribution is 2.27. The second-order valence-electron chi connectivity index (χ2n) is 9.62. The lowest BCUT2D eigenvalue weighted by Gasteiger charge is -2.12. The van der Waals surface area contributed by atoms with Gasteiger partial charge in [-0.2, -0.15) is 0 Å². The molecular formula is C29H28N10O2. The molecule has 0 aliphatic carbocycles. The van der Waals surface area contributed by atoms with Gasteiger partial charge in [0.2, 0.25) is 5.95 Å². The monoisotopic (exact) mass is 548 g/mol. The van der Waals surface area contributed by atoms with Gasteiger partial charge in [-0.25, -0.2) is 24.7 Å². The number of nitrogens with two attached hydrogens (primary N) is 1. The van der Waals surface area contributed by atoms with Gasteiger partial charge in [0.1, 0.15) is 5.52 Å². The number of urea groups is 1. The molecule has 0 radical (unpaired) electrons. The Morgan fingerprint density at radius 2 is 1.32 bits per heavy atom. The van der Waals surface area contributed by atoms with Gasteiger partial charge in [-0.15, -0.1) is 0 Å². The molecule has 3 heterocycles. The molecule has 0 unspecified atom stereocenters. The number of nitrogen functional groups attached to an aromatic ring is 1. The fourth-order valence-electron chi connectivity index (χ4n) is 3.98. The molecule has 0 aliphatic heterocycles. The van der Waals surface area contributed by atoms with Crippen LogP contribution < -0.4 is 21.3 Å². The maximum atomic E-state index is 12.5. The van der Waals surface area contributed by atoms with Crippen molar-refractivity contribution in [3.8, 4) is 22.5 Å². The molecule has 0 bridgehead atoms. The smallest absolute Gasteiger partial charge is 0.323 e. The number of nitrogens with one attached hydrogen (secondary N) is 2. The summed E-state index contributed by atoms with van der Waals surface area (Å²) in [7, 11) is 7.12. The summed E-state index contributed by atoms with van der Waals surface area (Å²) in [5, 5.41) is 5.54. The maximum absolute atomic E-state index is 12.5. The third-order valence-electron chi connectivity index (χ3n) is 6.13. The number of amides is 3. The van der Waals surface area contributed by atoms with Crippen LogP contribution in [0.5, 0.6) is 0 Å². The van der Waals surface area contributed by atoms with Gasteiger partial charge < -0.3 is 26.2 Å². The van der Waals surface area contributed by atoms with Crippen molar-refractivity contribution in [2.75, 3.05) is 49.5 Å². The molecule has 12 heteroatoms. The molecule has 0 fully saturated rings. The average molecular weight is 549 g/mol. The number of pyridine rings is 1. The number of hydrogen-bond donors (Lipinski definition) is 3. The Bertz CT molecular complexity index is 1720. The first-order valence-corrected chi connectivity index (χ1v) is 12.6. The molecule has 0 saturated carbocycles. The Hall–Kier alpha value is -5.65. The minimum atomic E-state index is -0.420. The van der Waals surface area contributed by atoms with Crippen LogP contribution in [0.15, 0.2) is 73.2 Å². The molecule has 5 aromatic rings. The van der Waals surface area contributed by atoms with Gasteiger partial charge in [-0.3, -0.25) is 9.78 Å². The van der Waals surface area contributed by atoms with Crippen LogP contribution in [0.4, 0.5) is 27.9 Å². The lowest BCUT2D eigenvalue weighted by molar-refractivity contribution is 0.0827. The predicted octanol–water partition coefficient (Wildman–Crippen LogP) is 4.14. The quantitative estimate of drug-likeness (QED) is 0.284. The minimum Gasteiger partial charge on any atom is -0.382 e. The first-order valence-electron chi connectivity index (χ1n) is 12.6. The predicted molar refractivity (Wildman–Crippen MR) is 160 cm³/mol. The third kappa shape index (κ3) is 6.01. The van der Waals surface area contributed by atoms with Crippen molar-refractivity contribution in [1.29, 1.82) is 0 Å². The van der Waals surface area contributed by atoms with E-state index in [4.69, 9.17) is 5.73 Å². The number of nitrogens with zero attached hydrogens (tertiary/aromatic N) is 7. The van der Waals surface area contributed by atoms with Gasteiger partial charge in [0.15, 0.2) is 11.6 Å². The summed E-state index contributed by atoms with van der Waals surface area (Å²) in [6.45, 7) is 0. The van der Waals surface area contributed by atoms with Crippen LogP contribution >= 0.6 is 0 Å². The van der Waals surface area contributed by atoms with Crippen molar-refractivity contribution in [3.63, 3.8) is 0 Å². The topological polar surface area (TPSA) is 155 Å². The van der Waals surface area contributed by atoms with Crippen molar-refractivity contribution in [2.24, 2.45) is 0 Å². The molecular weight excluding hydrogens is 520 g/mol. The van der Waals surface area contributed by atoms with Gasteiger partial charge in [0, 0.05) is 80.4 Å². The zero-order chi connectivity index (χ0) is 29.1. The molecule has 0 aliphatic rings. The third-order valence-corrected chi connectivity index (χ3v) is 6.13. The highest BCUT2D eigenvalue weighted by Gasteiger charge is 2.12. The van der Waals surface area contributed by atoms with Crippen LogP contribution in [-0.2, 0) is 0 Å². The normalized spacial score (nSPS) is 10.7. The Morgan fingerprint density at radius 3 is 1.90 bits per heavy atom. The molecule has 41 heavy (non-hydrogen) atoms. The molecule has 0 saturated heterocycles. The van der Waals surface area contributed by atoms with Crippen LogP contribution in [0.25, 0.3) is 33.5 Å². The molecule has 3 aromatic heterocycles. The summed E-state index contributed by atoms with van der Waals surface area (Å²) in [4.78, 5) is 50.2. The van der Waals surface area contributed by atoms with Crippen molar-refractivity contribution >= 4 is 46.1 Å². The van der Waals surface area contributed by atoms with Crippen LogP contribution in [0.3, 0.4) is 0 Å². The molecule has 206 valence electrons. The Balaban J connectivity index is 1.30. The average Bonchev–Trinajstić information content (AvgIpc) is 2.97. The van der Waals surface area contributed by atoms with Crippen LogP contribution in [0, 0.1) is 0 Å². The van der Waals surface area contributed by atoms with Gasteiger partial charge in [0.25, 0.3) is 5.91 Å². The van der Waals surface area contributed by atoms with E-state index >= 15 is 0 Å². The summed E-state index contributed by atoms with van der Waals surface area (Å²) < 4.78 is 0. The van der Waals surface area contributed by atoms with Crippen LogP contribution in [0.2, 0.25) is 0 Å². The number of anilines is 4. The minimum absolute atomic E-state index is 0.112. The highest BCUT2D eigenvalue weighted by atomic mass is 16.2. The zero-order valence-electron chi connectivity index (χ0n) is 23.0. The van der Waals surface area contributed by atoms with Crippen molar-refractivity contribution in [1.82, 2.24) is 29.8 Å². The van der Waals surface area contributed by atoms with Crippen LogP contribution in [-0.4, -0.2) is 69.9 Å². The molecule has 4 N–H and O–H groups in total. The van der Waals surface area contributed by atoms with E-state index in [1.54, 1.807) is 81.2 Å². The molecule has 12 nitrogen and oxygen atoms in total. The number of rotatable bonds is 6. The van der Waals surface area contributed by atoms with Gasteiger partial charge in [-0.05, 0) is 54.6 Å². The van der Waals surface area contributed by atoms with Gasteiger partial charge >= 0.3 is 6.03 Å². The second-order valence-corrected chi connectivity index (χ2v) is 9.62. The van der Waals surface area contributed by atoms with E-state index in [1.165, 1.54) is 4.90 Å². The number of carbonyl (C=O) groups is 2. The molecule has 5 rings (SSSR count).